The molecule has 0 aliphatic rings. The third kappa shape index (κ3) is 4.22. The van der Waals surface area contributed by atoms with Gasteiger partial charge < -0.3 is 10.2 Å². The second kappa shape index (κ2) is 7.91. The Balaban J connectivity index is 1.83. The fraction of sp³-hybridized carbons (Fsp3) is 0.294. The van der Waals surface area contributed by atoms with Gasteiger partial charge in [0.25, 0.3) is 0 Å². The normalized spacial score (nSPS) is 9.90. The molecule has 0 bridgehead atoms. The Morgan fingerprint density at radius 3 is 2.71 bits per heavy atom. The lowest BCUT2D eigenvalue weighted by molar-refractivity contribution is 0.767. The highest BCUT2D eigenvalue weighted by Crippen LogP contribution is 2.13. The summed E-state index contributed by atoms with van der Waals surface area (Å²) in [4.78, 5) is 6.54. The second-order valence-corrected chi connectivity index (χ2v) is 4.71. The van der Waals surface area contributed by atoms with Gasteiger partial charge in [-0.3, -0.25) is 0 Å². The van der Waals surface area contributed by atoms with Crippen LogP contribution in [-0.2, 0) is 0 Å². The van der Waals surface area contributed by atoms with Gasteiger partial charge in [-0.2, -0.15) is 5.26 Å². The van der Waals surface area contributed by atoms with Crippen molar-refractivity contribution in [2.24, 2.45) is 0 Å². The monoisotopic (exact) mass is 280 g/mol. The van der Waals surface area contributed by atoms with Gasteiger partial charge in [0.1, 0.15) is 11.9 Å². The molecule has 0 aliphatic carbocycles. The first-order valence-electron chi connectivity index (χ1n) is 7.24. The number of para-hydroxylation sites is 1. The van der Waals surface area contributed by atoms with Crippen molar-refractivity contribution in [1.82, 2.24) is 4.98 Å². The molecule has 2 aromatic rings. The highest BCUT2D eigenvalue weighted by molar-refractivity contribution is 5.51. The van der Waals surface area contributed by atoms with Crippen molar-refractivity contribution < 1.29 is 0 Å². The summed E-state index contributed by atoms with van der Waals surface area (Å²) < 4.78 is 0. The van der Waals surface area contributed by atoms with Crippen molar-refractivity contribution in [3.05, 3.63) is 54.2 Å². The average molecular weight is 280 g/mol. The summed E-state index contributed by atoms with van der Waals surface area (Å²) in [7, 11) is 0. The maximum absolute atomic E-state index is 9.01. The van der Waals surface area contributed by atoms with Crippen LogP contribution in [0.5, 0.6) is 0 Å². The molecule has 1 N–H and O–H groups in total. The van der Waals surface area contributed by atoms with Gasteiger partial charge in [0.15, 0.2) is 0 Å². The van der Waals surface area contributed by atoms with E-state index in [4.69, 9.17) is 5.26 Å². The van der Waals surface area contributed by atoms with Crippen LogP contribution in [0.25, 0.3) is 0 Å². The van der Waals surface area contributed by atoms with Gasteiger partial charge >= 0.3 is 0 Å². The number of anilines is 2. The van der Waals surface area contributed by atoms with Crippen LogP contribution >= 0.6 is 0 Å². The van der Waals surface area contributed by atoms with E-state index in [-0.39, 0.29) is 0 Å². The third-order valence-corrected chi connectivity index (χ3v) is 3.33. The summed E-state index contributed by atoms with van der Waals surface area (Å²) in [6.07, 6.45) is 2.69. The predicted molar refractivity (Wildman–Crippen MR) is 86.4 cm³/mol. The van der Waals surface area contributed by atoms with Gasteiger partial charge in [-0.05, 0) is 37.6 Å². The predicted octanol–water partition coefficient (Wildman–Crippen LogP) is 3.28. The van der Waals surface area contributed by atoms with Gasteiger partial charge in [0.05, 0.1) is 5.56 Å². The molecule has 0 saturated heterocycles. The molecule has 0 saturated carbocycles. The molecule has 1 heterocycles. The minimum absolute atomic E-state index is 0.591. The lowest BCUT2D eigenvalue weighted by Crippen LogP contribution is -2.25. The van der Waals surface area contributed by atoms with Crippen LogP contribution in [0, 0.1) is 11.3 Å². The number of benzene rings is 1. The molecule has 4 nitrogen and oxygen atoms in total. The van der Waals surface area contributed by atoms with Crippen molar-refractivity contribution in [3.8, 4) is 6.07 Å². The maximum atomic E-state index is 9.01. The summed E-state index contributed by atoms with van der Waals surface area (Å²) >= 11 is 0. The fourth-order valence-electron chi connectivity index (χ4n) is 2.22. The van der Waals surface area contributed by atoms with E-state index >= 15 is 0 Å². The SMILES string of the molecule is CCN(CCCNc1ncccc1C#N)c1ccccc1. The van der Waals surface area contributed by atoms with E-state index < -0.39 is 0 Å². The van der Waals surface area contributed by atoms with Crippen LogP contribution in [-0.4, -0.2) is 24.6 Å². The lowest BCUT2D eigenvalue weighted by Gasteiger charge is -2.23. The highest BCUT2D eigenvalue weighted by atomic mass is 15.1. The molecule has 0 amide bonds. The first kappa shape index (κ1) is 14.9. The van der Waals surface area contributed by atoms with Gasteiger partial charge in [-0.1, -0.05) is 18.2 Å². The smallest absolute Gasteiger partial charge is 0.143 e. The van der Waals surface area contributed by atoms with Gasteiger partial charge in [-0.25, -0.2) is 4.98 Å². The number of rotatable bonds is 7. The highest BCUT2D eigenvalue weighted by Gasteiger charge is 2.04. The minimum atomic E-state index is 0.591. The summed E-state index contributed by atoms with van der Waals surface area (Å²) in [5, 5.41) is 12.2. The summed E-state index contributed by atoms with van der Waals surface area (Å²) in [5.74, 6) is 0.669. The Labute approximate surface area is 126 Å². The quantitative estimate of drug-likeness (QED) is 0.791. The zero-order valence-corrected chi connectivity index (χ0v) is 12.3. The Bertz CT molecular complexity index is 589. The van der Waals surface area contributed by atoms with Crippen molar-refractivity contribution in [1.29, 1.82) is 5.26 Å². The number of aromatic nitrogens is 1. The number of hydrogen-bond acceptors (Lipinski definition) is 4. The summed E-state index contributed by atoms with van der Waals surface area (Å²) in [5.41, 5.74) is 1.84. The van der Waals surface area contributed by atoms with E-state index in [1.165, 1.54) is 5.69 Å². The Morgan fingerprint density at radius 1 is 1.19 bits per heavy atom. The maximum Gasteiger partial charge on any atom is 0.143 e. The molecule has 0 radical (unpaired) electrons. The standard InChI is InChI=1S/C17H20N4/c1-2-21(16-9-4-3-5-10-16)13-7-12-20-17-15(14-18)8-6-11-19-17/h3-6,8-11H,2,7,12-13H2,1H3,(H,19,20). The Kier molecular flexibility index (Phi) is 5.60. The molecule has 0 fully saturated rings. The zero-order chi connectivity index (χ0) is 14.9. The molecule has 0 spiro atoms. The molecule has 0 aliphatic heterocycles. The van der Waals surface area contributed by atoms with E-state index in [1.54, 1.807) is 18.3 Å². The van der Waals surface area contributed by atoms with Crippen molar-refractivity contribution in [3.63, 3.8) is 0 Å². The zero-order valence-electron chi connectivity index (χ0n) is 12.3. The summed E-state index contributed by atoms with van der Waals surface area (Å²) in [6.45, 7) is 4.92. The number of nitrogens with zero attached hydrogens (tertiary/aromatic N) is 3. The van der Waals surface area contributed by atoms with Crippen LogP contribution in [0.3, 0.4) is 0 Å². The molecular formula is C17H20N4. The number of hydrogen-bond donors (Lipinski definition) is 1. The van der Waals surface area contributed by atoms with Crippen LogP contribution in [0.4, 0.5) is 11.5 Å². The molecule has 1 aromatic carbocycles. The van der Waals surface area contributed by atoms with Crippen LogP contribution in [0.2, 0.25) is 0 Å². The number of nitriles is 1. The van der Waals surface area contributed by atoms with Gasteiger partial charge in [0.2, 0.25) is 0 Å². The lowest BCUT2D eigenvalue weighted by atomic mass is 10.2. The van der Waals surface area contributed by atoms with Crippen LogP contribution < -0.4 is 10.2 Å². The first-order chi connectivity index (χ1) is 10.3. The molecule has 108 valence electrons. The van der Waals surface area contributed by atoms with Crippen LogP contribution in [0.15, 0.2) is 48.7 Å². The largest absolute Gasteiger partial charge is 0.372 e. The molecule has 0 atom stereocenters. The van der Waals surface area contributed by atoms with Gasteiger partial charge in [0, 0.05) is 31.5 Å². The van der Waals surface area contributed by atoms with E-state index in [0.29, 0.717) is 11.4 Å². The minimum Gasteiger partial charge on any atom is -0.372 e. The number of pyridine rings is 1. The fourth-order valence-corrected chi connectivity index (χ4v) is 2.22. The molecule has 4 heteroatoms. The van der Waals surface area contributed by atoms with E-state index in [1.807, 2.05) is 6.07 Å². The molecular weight excluding hydrogens is 260 g/mol. The average Bonchev–Trinajstić information content (AvgIpc) is 2.56. The molecule has 0 unspecified atom stereocenters. The third-order valence-electron chi connectivity index (χ3n) is 3.33. The second-order valence-electron chi connectivity index (χ2n) is 4.71. The number of nitrogens with one attached hydrogen (secondary N) is 1. The van der Waals surface area contributed by atoms with E-state index in [2.05, 4.69) is 52.5 Å². The Morgan fingerprint density at radius 2 is 2.00 bits per heavy atom. The van der Waals surface area contributed by atoms with E-state index in [9.17, 15) is 0 Å². The molecule has 2 rings (SSSR count). The van der Waals surface area contributed by atoms with Crippen LogP contribution in [0.1, 0.15) is 18.9 Å². The first-order valence-corrected chi connectivity index (χ1v) is 7.24. The van der Waals surface area contributed by atoms with Crippen molar-refractivity contribution in [2.45, 2.75) is 13.3 Å². The van der Waals surface area contributed by atoms with E-state index in [0.717, 1.165) is 26.1 Å². The Hall–Kier alpha value is -2.54. The molecule has 1 aromatic heterocycles. The van der Waals surface area contributed by atoms with Crippen molar-refractivity contribution >= 4 is 11.5 Å². The topological polar surface area (TPSA) is 52.0 Å². The molecule has 21 heavy (non-hydrogen) atoms. The van der Waals surface area contributed by atoms with Gasteiger partial charge in [-0.15, -0.1) is 0 Å². The summed E-state index contributed by atoms with van der Waals surface area (Å²) in [6, 6.07) is 16.1. The van der Waals surface area contributed by atoms with Crippen molar-refractivity contribution in [2.75, 3.05) is 29.9 Å².